The SMILES string of the molecule is CCCCCN(c1nnc(-c2ccc(CS(N)(=O)=O)cc2)n1Cc1ccnn1C)C(C)C. The largest absolute Gasteiger partial charge is 0.338 e. The molecule has 0 spiro atoms. The van der Waals surface area contributed by atoms with Crippen LogP contribution in [0.5, 0.6) is 0 Å². The topological polar surface area (TPSA) is 112 Å². The zero-order valence-corrected chi connectivity index (χ0v) is 20.1. The van der Waals surface area contributed by atoms with E-state index in [1.807, 2.05) is 29.9 Å². The average Bonchev–Trinajstić information content (AvgIpc) is 3.31. The molecule has 32 heavy (non-hydrogen) atoms. The van der Waals surface area contributed by atoms with Gasteiger partial charge in [0.1, 0.15) is 0 Å². The Kier molecular flexibility index (Phi) is 7.68. The second-order valence-electron chi connectivity index (χ2n) is 8.35. The minimum absolute atomic E-state index is 0.196. The van der Waals surface area contributed by atoms with E-state index in [9.17, 15) is 8.42 Å². The predicted molar refractivity (Wildman–Crippen MR) is 127 cm³/mol. The predicted octanol–water partition coefficient (Wildman–Crippen LogP) is 2.92. The van der Waals surface area contributed by atoms with E-state index < -0.39 is 10.0 Å². The van der Waals surface area contributed by atoms with Crippen LogP contribution in [-0.4, -0.2) is 45.5 Å². The van der Waals surface area contributed by atoms with Crippen molar-refractivity contribution in [2.45, 2.75) is 58.4 Å². The van der Waals surface area contributed by atoms with Crippen LogP contribution in [-0.2, 0) is 29.4 Å². The van der Waals surface area contributed by atoms with E-state index in [0.29, 0.717) is 12.1 Å². The highest BCUT2D eigenvalue weighted by molar-refractivity contribution is 7.88. The molecule has 0 atom stereocenters. The van der Waals surface area contributed by atoms with Gasteiger partial charge in [-0.15, -0.1) is 10.2 Å². The molecule has 1 aromatic carbocycles. The molecule has 0 aliphatic rings. The molecule has 9 nitrogen and oxygen atoms in total. The molecule has 0 aliphatic heterocycles. The van der Waals surface area contributed by atoms with Crippen LogP contribution in [0.4, 0.5) is 5.95 Å². The number of hydrogen-bond donors (Lipinski definition) is 1. The number of unbranched alkanes of at least 4 members (excludes halogenated alkanes) is 2. The van der Waals surface area contributed by atoms with Crippen LogP contribution in [0.3, 0.4) is 0 Å². The summed E-state index contributed by atoms with van der Waals surface area (Å²) >= 11 is 0. The maximum atomic E-state index is 11.4. The summed E-state index contributed by atoms with van der Waals surface area (Å²) in [5.74, 6) is 1.35. The highest BCUT2D eigenvalue weighted by Gasteiger charge is 2.22. The van der Waals surface area contributed by atoms with Crippen LogP contribution >= 0.6 is 0 Å². The molecule has 0 bridgehead atoms. The van der Waals surface area contributed by atoms with Crippen LogP contribution in [0, 0.1) is 0 Å². The van der Waals surface area contributed by atoms with E-state index in [1.54, 1.807) is 18.3 Å². The first-order chi connectivity index (χ1) is 15.2. The van der Waals surface area contributed by atoms with Crippen molar-refractivity contribution in [3.8, 4) is 11.4 Å². The molecule has 0 fully saturated rings. The third kappa shape index (κ3) is 5.95. The highest BCUT2D eigenvalue weighted by atomic mass is 32.2. The van der Waals surface area contributed by atoms with E-state index in [1.165, 1.54) is 0 Å². The fourth-order valence-electron chi connectivity index (χ4n) is 3.69. The van der Waals surface area contributed by atoms with Crippen molar-refractivity contribution in [1.82, 2.24) is 24.5 Å². The molecule has 174 valence electrons. The number of aryl methyl sites for hydroxylation is 1. The molecule has 10 heteroatoms. The van der Waals surface area contributed by atoms with Crippen LogP contribution in [0.1, 0.15) is 51.3 Å². The minimum atomic E-state index is -3.58. The van der Waals surface area contributed by atoms with Crippen molar-refractivity contribution in [1.29, 1.82) is 0 Å². The fraction of sp³-hybridized carbons (Fsp3) is 0.500. The molecule has 2 N–H and O–H groups in total. The summed E-state index contributed by atoms with van der Waals surface area (Å²) in [5, 5.41) is 18.6. The molecule has 3 rings (SSSR count). The van der Waals surface area contributed by atoms with Gasteiger partial charge in [-0.25, -0.2) is 13.6 Å². The zero-order valence-electron chi connectivity index (χ0n) is 19.3. The summed E-state index contributed by atoms with van der Waals surface area (Å²) in [7, 11) is -1.66. The number of primary sulfonamides is 1. The van der Waals surface area contributed by atoms with Crippen molar-refractivity contribution < 1.29 is 8.42 Å². The van der Waals surface area contributed by atoms with Crippen molar-refractivity contribution in [2.24, 2.45) is 12.2 Å². The third-order valence-electron chi connectivity index (χ3n) is 5.44. The second-order valence-corrected chi connectivity index (χ2v) is 9.97. The zero-order chi connectivity index (χ0) is 23.3. The summed E-state index contributed by atoms with van der Waals surface area (Å²) in [4.78, 5) is 2.29. The number of aromatic nitrogens is 5. The lowest BCUT2D eigenvalue weighted by Gasteiger charge is -2.28. The summed E-state index contributed by atoms with van der Waals surface area (Å²) in [5.41, 5.74) is 2.54. The lowest BCUT2D eigenvalue weighted by molar-refractivity contribution is 0.590. The molecule has 0 saturated heterocycles. The fourth-order valence-corrected chi connectivity index (χ4v) is 4.35. The summed E-state index contributed by atoms with van der Waals surface area (Å²) in [6.45, 7) is 8.00. The van der Waals surface area contributed by atoms with Gasteiger partial charge in [0.2, 0.25) is 16.0 Å². The number of sulfonamides is 1. The normalized spacial score (nSPS) is 11.9. The average molecular weight is 460 g/mol. The number of benzene rings is 1. The van der Waals surface area contributed by atoms with Gasteiger partial charge in [-0.05, 0) is 31.9 Å². The highest BCUT2D eigenvalue weighted by Crippen LogP contribution is 2.26. The quantitative estimate of drug-likeness (QED) is 0.441. The monoisotopic (exact) mass is 459 g/mol. The van der Waals surface area contributed by atoms with Crippen molar-refractivity contribution in [3.05, 3.63) is 47.8 Å². The Balaban J connectivity index is 2.01. The molecule has 2 heterocycles. The molecule has 0 amide bonds. The first kappa shape index (κ1) is 23.9. The van der Waals surface area contributed by atoms with Gasteiger partial charge in [0.05, 0.1) is 18.0 Å². The van der Waals surface area contributed by atoms with E-state index in [4.69, 9.17) is 5.14 Å². The van der Waals surface area contributed by atoms with E-state index >= 15 is 0 Å². The summed E-state index contributed by atoms with van der Waals surface area (Å²) < 4.78 is 26.8. The van der Waals surface area contributed by atoms with E-state index in [-0.39, 0.29) is 11.8 Å². The maximum Gasteiger partial charge on any atom is 0.228 e. The van der Waals surface area contributed by atoms with Crippen LogP contribution in [0.2, 0.25) is 0 Å². The molecule has 3 aromatic rings. The standard InChI is InChI=1S/C22H33N7O2S/c1-5-6-7-14-28(17(2)3)22-26-25-21(29(22)15-20-12-13-24-27(20)4)19-10-8-18(9-11-19)16-32(23,30)31/h8-13,17H,5-7,14-16H2,1-4H3,(H2,23,30,31). The van der Waals surface area contributed by atoms with E-state index in [2.05, 4.69) is 45.5 Å². The smallest absolute Gasteiger partial charge is 0.228 e. The lowest BCUT2D eigenvalue weighted by atomic mass is 10.1. The molecule has 2 aromatic heterocycles. The maximum absolute atomic E-state index is 11.4. The minimum Gasteiger partial charge on any atom is -0.338 e. The van der Waals surface area contributed by atoms with Gasteiger partial charge in [-0.2, -0.15) is 5.10 Å². The Morgan fingerprint density at radius 3 is 2.38 bits per heavy atom. The van der Waals surface area contributed by atoms with Crippen LogP contribution in [0.25, 0.3) is 11.4 Å². The summed E-state index contributed by atoms with van der Waals surface area (Å²) in [6.07, 6.45) is 5.19. The second kappa shape index (κ2) is 10.3. The van der Waals surface area contributed by atoms with Crippen LogP contribution < -0.4 is 10.0 Å². The Morgan fingerprint density at radius 1 is 1.09 bits per heavy atom. The number of rotatable bonds is 11. The van der Waals surface area contributed by atoms with Gasteiger partial charge in [0.25, 0.3) is 0 Å². The molecular formula is C22H33N7O2S. The van der Waals surface area contributed by atoms with Crippen molar-refractivity contribution in [3.63, 3.8) is 0 Å². The number of hydrogen-bond acceptors (Lipinski definition) is 6. The van der Waals surface area contributed by atoms with Gasteiger partial charge in [-0.3, -0.25) is 9.25 Å². The third-order valence-corrected chi connectivity index (χ3v) is 6.17. The molecule has 0 saturated carbocycles. The number of anilines is 1. The van der Waals surface area contributed by atoms with Gasteiger partial charge in [-0.1, -0.05) is 44.0 Å². The van der Waals surface area contributed by atoms with Crippen molar-refractivity contribution in [2.75, 3.05) is 11.4 Å². The molecule has 0 aliphatic carbocycles. The van der Waals surface area contributed by atoms with Gasteiger partial charge >= 0.3 is 0 Å². The van der Waals surface area contributed by atoms with Crippen LogP contribution in [0.15, 0.2) is 36.5 Å². The Bertz CT molecular complexity index is 1120. The van der Waals surface area contributed by atoms with Gasteiger partial charge < -0.3 is 4.90 Å². The Morgan fingerprint density at radius 2 is 1.81 bits per heavy atom. The Labute approximate surface area is 190 Å². The van der Waals surface area contributed by atoms with Crippen molar-refractivity contribution >= 4 is 16.0 Å². The number of nitrogens with zero attached hydrogens (tertiary/aromatic N) is 6. The van der Waals surface area contributed by atoms with Gasteiger partial charge in [0, 0.05) is 31.4 Å². The lowest BCUT2D eigenvalue weighted by Crippen LogP contribution is -2.34. The van der Waals surface area contributed by atoms with Gasteiger partial charge in [0.15, 0.2) is 5.82 Å². The Hall–Kier alpha value is -2.72. The molecule has 0 radical (unpaired) electrons. The molecular weight excluding hydrogens is 426 g/mol. The molecule has 0 unspecified atom stereocenters. The van der Waals surface area contributed by atoms with E-state index in [0.717, 1.165) is 48.8 Å². The number of nitrogens with two attached hydrogens (primary N) is 1. The first-order valence-corrected chi connectivity index (χ1v) is 12.7. The summed E-state index contributed by atoms with van der Waals surface area (Å²) in [6, 6.07) is 9.52. The first-order valence-electron chi connectivity index (χ1n) is 11.0.